The van der Waals surface area contributed by atoms with Crippen molar-refractivity contribution < 1.29 is 8.42 Å². The van der Waals surface area contributed by atoms with Gasteiger partial charge in [0.2, 0.25) is 16.0 Å². The van der Waals surface area contributed by atoms with Crippen LogP contribution in [0.15, 0.2) is 36.5 Å². The minimum absolute atomic E-state index is 0.0732. The molecular formula is C22H25N7O2S. The molecule has 0 amide bonds. The Hall–Kier alpha value is -3.45. The number of aromatic nitrogens is 4. The van der Waals surface area contributed by atoms with Crippen LogP contribution in [-0.4, -0.2) is 40.5 Å². The Bertz CT molecular complexity index is 1260. The lowest BCUT2D eigenvalue weighted by molar-refractivity contribution is 0.600. The summed E-state index contributed by atoms with van der Waals surface area (Å²) in [6.07, 6.45) is 4.51. The molecule has 1 aliphatic rings. The molecule has 1 aromatic carbocycles. The molecular weight excluding hydrogens is 426 g/mol. The number of rotatable bonds is 9. The molecule has 9 nitrogen and oxygen atoms in total. The fourth-order valence-electron chi connectivity index (χ4n) is 3.85. The molecule has 0 bridgehead atoms. The van der Waals surface area contributed by atoms with Gasteiger partial charge in [0.15, 0.2) is 0 Å². The van der Waals surface area contributed by atoms with Crippen LogP contribution in [0.5, 0.6) is 0 Å². The highest BCUT2D eigenvalue weighted by molar-refractivity contribution is 7.92. The molecule has 1 aliphatic heterocycles. The number of nitrogens with zero attached hydrogens (tertiary/aromatic N) is 5. The molecule has 0 saturated carbocycles. The smallest absolute Gasteiger partial charge is 0.232 e. The summed E-state index contributed by atoms with van der Waals surface area (Å²) in [6, 6.07) is 11.2. The third kappa shape index (κ3) is 4.73. The van der Waals surface area contributed by atoms with Crippen molar-refractivity contribution in [3.05, 3.63) is 42.2 Å². The molecule has 0 radical (unpaired) electrons. The Labute approximate surface area is 187 Å². The van der Waals surface area contributed by atoms with E-state index < -0.39 is 10.0 Å². The summed E-state index contributed by atoms with van der Waals surface area (Å²) >= 11 is 0. The number of anilines is 2. The van der Waals surface area contributed by atoms with Crippen LogP contribution in [0.25, 0.3) is 22.5 Å². The highest BCUT2D eigenvalue weighted by Gasteiger charge is 2.25. The van der Waals surface area contributed by atoms with E-state index in [9.17, 15) is 8.42 Å². The number of benzene rings is 1. The van der Waals surface area contributed by atoms with E-state index in [2.05, 4.69) is 26.1 Å². The van der Waals surface area contributed by atoms with E-state index in [0.29, 0.717) is 31.0 Å². The number of sulfonamides is 1. The van der Waals surface area contributed by atoms with Crippen LogP contribution in [0.3, 0.4) is 0 Å². The van der Waals surface area contributed by atoms with Gasteiger partial charge in [0.25, 0.3) is 0 Å². The highest BCUT2D eigenvalue weighted by atomic mass is 32.2. The van der Waals surface area contributed by atoms with Crippen LogP contribution in [0.2, 0.25) is 0 Å². The maximum Gasteiger partial charge on any atom is 0.232 e. The summed E-state index contributed by atoms with van der Waals surface area (Å²) in [4.78, 5) is 8.91. The zero-order chi connectivity index (χ0) is 22.6. The van der Waals surface area contributed by atoms with Crippen molar-refractivity contribution in [3.63, 3.8) is 0 Å². The monoisotopic (exact) mass is 451 g/mol. The van der Waals surface area contributed by atoms with Gasteiger partial charge >= 0.3 is 0 Å². The van der Waals surface area contributed by atoms with Crippen molar-refractivity contribution in [2.45, 2.75) is 39.2 Å². The summed E-state index contributed by atoms with van der Waals surface area (Å²) in [6.45, 7) is 3.14. The van der Waals surface area contributed by atoms with E-state index in [1.165, 1.54) is 0 Å². The van der Waals surface area contributed by atoms with Gasteiger partial charge < -0.3 is 5.32 Å². The van der Waals surface area contributed by atoms with Gasteiger partial charge in [0.1, 0.15) is 5.69 Å². The Kier molecular flexibility index (Phi) is 6.37. The first kappa shape index (κ1) is 21.8. The predicted octanol–water partition coefficient (Wildman–Crippen LogP) is 3.43. The largest absolute Gasteiger partial charge is 0.353 e. The third-order valence-electron chi connectivity index (χ3n) is 5.16. The van der Waals surface area contributed by atoms with Crippen molar-refractivity contribution in [2.24, 2.45) is 0 Å². The minimum Gasteiger partial charge on any atom is -0.353 e. The average Bonchev–Trinajstić information content (AvgIpc) is 3.35. The lowest BCUT2D eigenvalue weighted by atomic mass is 10.0. The second kappa shape index (κ2) is 9.36. The van der Waals surface area contributed by atoms with E-state index in [-0.39, 0.29) is 5.75 Å². The van der Waals surface area contributed by atoms with Gasteiger partial charge in [-0.2, -0.15) is 10.4 Å². The second-order valence-electron chi connectivity index (χ2n) is 7.60. The number of hydrogen-bond acceptors (Lipinski definition) is 7. The molecule has 166 valence electrons. The molecule has 2 aromatic heterocycles. The van der Waals surface area contributed by atoms with Gasteiger partial charge in [-0.1, -0.05) is 19.1 Å². The van der Waals surface area contributed by atoms with Crippen LogP contribution in [0.4, 0.5) is 11.6 Å². The molecule has 0 fully saturated rings. The summed E-state index contributed by atoms with van der Waals surface area (Å²) in [5.41, 5.74) is 4.88. The SMILES string of the molecule is CCCS(=O)(=O)Nc1cccc(-c2nn3c(c2-c2ccnc(NCCC#N)n2)CCC3)c1. The molecule has 0 atom stereocenters. The molecule has 0 aliphatic carbocycles. The Balaban J connectivity index is 1.73. The Morgan fingerprint density at radius 1 is 1.28 bits per heavy atom. The summed E-state index contributed by atoms with van der Waals surface area (Å²) in [5.74, 6) is 0.534. The van der Waals surface area contributed by atoms with Gasteiger partial charge in [0, 0.05) is 41.8 Å². The second-order valence-corrected chi connectivity index (χ2v) is 9.44. The van der Waals surface area contributed by atoms with E-state index in [1.807, 2.05) is 35.9 Å². The molecule has 2 N–H and O–H groups in total. The molecule has 0 unspecified atom stereocenters. The fourth-order valence-corrected chi connectivity index (χ4v) is 4.97. The van der Waals surface area contributed by atoms with Crippen molar-refractivity contribution >= 4 is 21.7 Å². The highest BCUT2D eigenvalue weighted by Crippen LogP contribution is 2.37. The number of nitriles is 1. The van der Waals surface area contributed by atoms with Crippen LogP contribution < -0.4 is 10.0 Å². The Morgan fingerprint density at radius 3 is 2.97 bits per heavy atom. The van der Waals surface area contributed by atoms with Crippen molar-refractivity contribution in [1.82, 2.24) is 19.7 Å². The molecule has 4 rings (SSSR count). The first-order valence-electron chi connectivity index (χ1n) is 10.7. The lowest BCUT2D eigenvalue weighted by Gasteiger charge is -2.10. The first-order valence-corrected chi connectivity index (χ1v) is 12.3. The summed E-state index contributed by atoms with van der Waals surface area (Å²) < 4.78 is 29.1. The van der Waals surface area contributed by atoms with Crippen LogP contribution in [0.1, 0.15) is 31.9 Å². The fraction of sp³-hybridized carbons (Fsp3) is 0.364. The van der Waals surface area contributed by atoms with Gasteiger partial charge in [-0.05, 0) is 37.5 Å². The normalized spacial score (nSPS) is 12.9. The van der Waals surface area contributed by atoms with E-state index in [0.717, 1.165) is 47.6 Å². The van der Waals surface area contributed by atoms with Crippen molar-refractivity contribution in [1.29, 1.82) is 5.26 Å². The molecule has 32 heavy (non-hydrogen) atoms. The van der Waals surface area contributed by atoms with Gasteiger partial charge in [-0.3, -0.25) is 9.40 Å². The number of fused-ring (bicyclic) bond motifs is 1. The summed E-state index contributed by atoms with van der Waals surface area (Å²) in [7, 11) is -3.39. The van der Waals surface area contributed by atoms with Crippen LogP contribution in [-0.2, 0) is 23.0 Å². The van der Waals surface area contributed by atoms with Crippen molar-refractivity contribution in [2.75, 3.05) is 22.3 Å². The maximum absolute atomic E-state index is 12.2. The zero-order valence-corrected chi connectivity index (χ0v) is 18.7. The van der Waals surface area contributed by atoms with E-state index in [4.69, 9.17) is 10.4 Å². The molecule has 3 heterocycles. The van der Waals surface area contributed by atoms with Gasteiger partial charge in [0.05, 0.1) is 23.9 Å². The maximum atomic E-state index is 12.2. The average molecular weight is 452 g/mol. The third-order valence-corrected chi connectivity index (χ3v) is 6.65. The van der Waals surface area contributed by atoms with Gasteiger partial charge in [-0.15, -0.1) is 0 Å². The number of nitrogens with one attached hydrogen (secondary N) is 2. The topological polar surface area (TPSA) is 126 Å². The van der Waals surface area contributed by atoms with Gasteiger partial charge in [-0.25, -0.2) is 18.4 Å². The molecule has 3 aromatic rings. The number of aryl methyl sites for hydroxylation is 1. The zero-order valence-electron chi connectivity index (χ0n) is 17.9. The molecule has 0 spiro atoms. The van der Waals surface area contributed by atoms with E-state index >= 15 is 0 Å². The molecule has 10 heteroatoms. The van der Waals surface area contributed by atoms with Crippen LogP contribution in [0, 0.1) is 11.3 Å². The Morgan fingerprint density at radius 2 is 2.16 bits per heavy atom. The van der Waals surface area contributed by atoms with Crippen LogP contribution >= 0.6 is 0 Å². The predicted molar refractivity (Wildman–Crippen MR) is 123 cm³/mol. The molecule has 0 saturated heterocycles. The standard InChI is InChI=1S/C22H25N7O2S/c1-2-14-32(30,31)28-17-7-3-6-16(15-17)21-20(19-8-4-13-29(19)27-21)18-9-12-25-22(26-18)24-11-5-10-23/h3,6-7,9,12,15,28H,2,4-5,8,11,13-14H2,1H3,(H,24,25,26). The minimum atomic E-state index is -3.39. The lowest BCUT2D eigenvalue weighted by Crippen LogP contribution is -2.16. The number of hydrogen-bond donors (Lipinski definition) is 2. The quantitative estimate of drug-likeness (QED) is 0.477. The summed E-state index contributed by atoms with van der Waals surface area (Å²) in [5, 5.41) is 16.7. The van der Waals surface area contributed by atoms with E-state index in [1.54, 1.807) is 12.3 Å². The van der Waals surface area contributed by atoms with Crippen molar-refractivity contribution in [3.8, 4) is 28.6 Å². The first-order chi connectivity index (χ1) is 15.5.